The van der Waals surface area contributed by atoms with Crippen molar-refractivity contribution >= 4 is 17.0 Å². The van der Waals surface area contributed by atoms with E-state index in [-0.39, 0.29) is 5.56 Å². The van der Waals surface area contributed by atoms with Gasteiger partial charge in [0.25, 0.3) is 0 Å². The second-order valence-electron chi connectivity index (χ2n) is 4.81. The van der Waals surface area contributed by atoms with Crippen LogP contribution in [-0.2, 0) is 13.0 Å². The second kappa shape index (κ2) is 5.36. The fourth-order valence-corrected chi connectivity index (χ4v) is 2.52. The van der Waals surface area contributed by atoms with E-state index in [4.69, 9.17) is 0 Å². The predicted molar refractivity (Wildman–Crippen MR) is 79.4 cm³/mol. The summed E-state index contributed by atoms with van der Waals surface area (Å²) in [6.07, 6.45) is 4.32. The van der Waals surface area contributed by atoms with Crippen LogP contribution in [0.15, 0.2) is 42.9 Å². The third-order valence-electron chi connectivity index (χ3n) is 3.55. The van der Waals surface area contributed by atoms with Gasteiger partial charge in [-0.2, -0.15) is 0 Å². The molecule has 0 saturated heterocycles. The first-order valence-electron chi connectivity index (χ1n) is 6.80. The van der Waals surface area contributed by atoms with Crippen LogP contribution in [0, 0.1) is 0 Å². The Morgan fingerprint density at radius 1 is 1.24 bits per heavy atom. The number of hydrogen-bond acceptors (Lipinski definition) is 3. The maximum Gasteiger partial charge on any atom is 0.337 e. The highest BCUT2D eigenvalue weighted by atomic mass is 16.4. The first-order chi connectivity index (χ1) is 10.2. The molecule has 0 spiro atoms. The molecule has 1 N–H and O–H groups in total. The molecule has 2 aromatic heterocycles. The van der Waals surface area contributed by atoms with Gasteiger partial charge < -0.3 is 9.67 Å². The number of hydrogen-bond donors (Lipinski definition) is 1. The maximum atomic E-state index is 11.4. The number of carboxylic acids is 1. The number of benzene rings is 1. The normalized spacial score (nSPS) is 10.9. The zero-order valence-electron chi connectivity index (χ0n) is 11.7. The van der Waals surface area contributed by atoms with Crippen molar-refractivity contribution in [2.75, 3.05) is 0 Å². The van der Waals surface area contributed by atoms with Crippen LogP contribution in [0.25, 0.3) is 11.0 Å². The average molecular weight is 281 g/mol. The quantitative estimate of drug-likeness (QED) is 0.798. The van der Waals surface area contributed by atoms with Crippen LogP contribution in [0.1, 0.15) is 28.5 Å². The van der Waals surface area contributed by atoms with Gasteiger partial charge in [-0.05, 0) is 30.2 Å². The predicted octanol–water partition coefficient (Wildman–Crippen LogP) is 2.74. The van der Waals surface area contributed by atoms with Crippen molar-refractivity contribution in [3.05, 3.63) is 59.7 Å². The van der Waals surface area contributed by atoms with Gasteiger partial charge in [-0.1, -0.05) is 19.1 Å². The Hall–Kier alpha value is -2.69. The number of imidazole rings is 1. The Kier molecular flexibility index (Phi) is 3.39. The van der Waals surface area contributed by atoms with Crippen molar-refractivity contribution in [1.82, 2.24) is 14.5 Å². The Balaban J connectivity index is 2.11. The van der Waals surface area contributed by atoms with E-state index in [0.717, 1.165) is 17.7 Å². The van der Waals surface area contributed by atoms with E-state index < -0.39 is 5.97 Å². The number of aromatic nitrogens is 3. The van der Waals surface area contributed by atoms with Gasteiger partial charge in [0.1, 0.15) is 0 Å². The molecular formula is C16H15N3O2. The summed E-state index contributed by atoms with van der Waals surface area (Å²) in [4.78, 5) is 20.1. The highest BCUT2D eigenvalue weighted by Crippen LogP contribution is 2.20. The smallest absolute Gasteiger partial charge is 0.337 e. The van der Waals surface area contributed by atoms with E-state index in [0.29, 0.717) is 17.6 Å². The lowest BCUT2D eigenvalue weighted by atomic mass is 10.1. The molecule has 1 aromatic carbocycles. The lowest BCUT2D eigenvalue weighted by Crippen LogP contribution is -2.07. The molecule has 2 heterocycles. The lowest BCUT2D eigenvalue weighted by Gasteiger charge is -2.09. The van der Waals surface area contributed by atoms with E-state index >= 15 is 0 Å². The molecule has 0 amide bonds. The summed E-state index contributed by atoms with van der Waals surface area (Å²) in [6.45, 7) is 2.60. The summed E-state index contributed by atoms with van der Waals surface area (Å²) in [6, 6.07) is 9.08. The van der Waals surface area contributed by atoms with Gasteiger partial charge in [0.2, 0.25) is 0 Å². The van der Waals surface area contributed by atoms with Crippen molar-refractivity contribution in [1.29, 1.82) is 0 Å². The Morgan fingerprint density at radius 3 is 2.86 bits per heavy atom. The zero-order chi connectivity index (χ0) is 14.8. The van der Waals surface area contributed by atoms with Crippen LogP contribution in [-0.4, -0.2) is 25.6 Å². The topological polar surface area (TPSA) is 68.0 Å². The molecular weight excluding hydrogens is 266 g/mol. The molecule has 0 fully saturated rings. The van der Waals surface area contributed by atoms with Gasteiger partial charge in [0.15, 0.2) is 0 Å². The van der Waals surface area contributed by atoms with Crippen LogP contribution in [0.3, 0.4) is 0 Å². The largest absolute Gasteiger partial charge is 0.478 e. The van der Waals surface area contributed by atoms with Gasteiger partial charge in [-0.25, -0.2) is 9.78 Å². The summed E-state index contributed by atoms with van der Waals surface area (Å²) in [5, 5.41) is 9.34. The van der Waals surface area contributed by atoms with Gasteiger partial charge in [0, 0.05) is 6.20 Å². The molecule has 0 aliphatic heterocycles. The molecule has 0 radical (unpaired) electrons. The third kappa shape index (κ3) is 2.38. The fraction of sp³-hybridized carbons (Fsp3) is 0.188. The minimum Gasteiger partial charge on any atom is -0.478 e. The summed E-state index contributed by atoms with van der Waals surface area (Å²) in [7, 11) is 0. The number of carboxylic acid groups (broad SMARTS) is 1. The molecule has 0 atom stereocenters. The number of aromatic carboxylic acids is 1. The molecule has 0 unspecified atom stereocenters. The number of carbonyl (C=O) groups is 1. The van der Waals surface area contributed by atoms with Gasteiger partial charge >= 0.3 is 5.97 Å². The molecule has 0 saturated carbocycles. The number of pyridine rings is 1. The van der Waals surface area contributed by atoms with E-state index in [2.05, 4.69) is 16.9 Å². The van der Waals surface area contributed by atoms with Gasteiger partial charge in [-0.3, -0.25) is 4.98 Å². The lowest BCUT2D eigenvalue weighted by molar-refractivity contribution is 0.0698. The van der Waals surface area contributed by atoms with Crippen molar-refractivity contribution in [2.24, 2.45) is 0 Å². The fourth-order valence-electron chi connectivity index (χ4n) is 2.52. The Morgan fingerprint density at radius 2 is 2.10 bits per heavy atom. The number of fused-ring (bicyclic) bond motifs is 1. The average Bonchev–Trinajstić information content (AvgIpc) is 2.91. The molecule has 3 aromatic rings. The van der Waals surface area contributed by atoms with Crippen LogP contribution in [0.4, 0.5) is 0 Å². The third-order valence-corrected chi connectivity index (χ3v) is 3.55. The van der Waals surface area contributed by atoms with Crippen molar-refractivity contribution < 1.29 is 9.90 Å². The molecule has 0 aliphatic rings. The molecule has 5 heteroatoms. The minimum atomic E-state index is -0.945. The number of para-hydroxylation sites is 1. The van der Waals surface area contributed by atoms with Crippen LogP contribution >= 0.6 is 0 Å². The maximum absolute atomic E-state index is 11.4. The van der Waals surface area contributed by atoms with Crippen molar-refractivity contribution in [2.45, 2.75) is 19.9 Å². The van der Waals surface area contributed by atoms with Crippen LogP contribution in [0.2, 0.25) is 0 Å². The first kappa shape index (κ1) is 13.3. The molecule has 0 aliphatic carbocycles. The SMILES string of the molecule is CCc1cccnc1Cn1cnc2cccc(C(=O)O)c21. The minimum absolute atomic E-state index is 0.263. The van der Waals surface area contributed by atoms with E-state index in [1.54, 1.807) is 24.7 Å². The van der Waals surface area contributed by atoms with Crippen molar-refractivity contribution in [3.63, 3.8) is 0 Å². The first-order valence-corrected chi connectivity index (χ1v) is 6.80. The van der Waals surface area contributed by atoms with Gasteiger partial charge in [0.05, 0.1) is 35.2 Å². The zero-order valence-corrected chi connectivity index (χ0v) is 11.7. The standard InChI is InChI=1S/C16H15N3O2/c1-2-11-5-4-8-17-14(11)9-19-10-18-13-7-3-6-12(15(13)19)16(20)21/h3-8,10H,2,9H2,1H3,(H,20,21). The number of nitrogens with zero attached hydrogens (tertiary/aromatic N) is 3. The summed E-state index contributed by atoms with van der Waals surface area (Å²) < 4.78 is 1.85. The second-order valence-corrected chi connectivity index (χ2v) is 4.81. The number of aryl methyl sites for hydroxylation is 1. The van der Waals surface area contributed by atoms with E-state index in [9.17, 15) is 9.90 Å². The van der Waals surface area contributed by atoms with E-state index in [1.807, 2.05) is 22.8 Å². The summed E-state index contributed by atoms with van der Waals surface area (Å²) >= 11 is 0. The Bertz CT molecular complexity index is 808. The van der Waals surface area contributed by atoms with Crippen molar-refractivity contribution in [3.8, 4) is 0 Å². The van der Waals surface area contributed by atoms with Crippen LogP contribution in [0.5, 0.6) is 0 Å². The molecule has 106 valence electrons. The summed E-state index contributed by atoms with van der Waals surface area (Å²) in [5.41, 5.74) is 3.69. The Labute approximate surface area is 121 Å². The molecule has 5 nitrogen and oxygen atoms in total. The molecule has 0 bridgehead atoms. The molecule has 3 rings (SSSR count). The van der Waals surface area contributed by atoms with Gasteiger partial charge in [-0.15, -0.1) is 0 Å². The number of rotatable bonds is 4. The monoisotopic (exact) mass is 281 g/mol. The highest BCUT2D eigenvalue weighted by Gasteiger charge is 2.14. The van der Waals surface area contributed by atoms with Crippen LogP contribution < -0.4 is 0 Å². The summed E-state index contributed by atoms with van der Waals surface area (Å²) in [5.74, 6) is -0.945. The van der Waals surface area contributed by atoms with E-state index in [1.165, 1.54) is 0 Å². The molecule has 21 heavy (non-hydrogen) atoms. The highest BCUT2D eigenvalue weighted by molar-refractivity contribution is 6.01.